The van der Waals surface area contributed by atoms with E-state index in [9.17, 15) is 4.79 Å². The highest BCUT2D eigenvalue weighted by Gasteiger charge is 2.20. The molecule has 138 valence electrons. The number of rotatable bonds is 7. The Morgan fingerprint density at radius 3 is 2.96 bits per heavy atom. The Kier molecular flexibility index (Phi) is 6.80. The summed E-state index contributed by atoms with van der Waals surface area (Å²) in [6, 6.07) is 15.5. The number of nitrogen functional groups attached to an aromatic ring is 1. The second kappa shape index (κ2) is 9.50. The molecule has 0 bridgehead atoms. The fourth-order valence-electron chi connectivity index (χ4n) is 2.89. The summed E-state index contributed by atoms with van der Waals surface area (Å²) in [7, 11) is 0. The van der Waals surface area contributed by atoms with Gasteiger partial charge in [-0.05, 0) is 36.4 Å². The van der Waals surface area contributed by atoms with Crippen LogP contribution in [0.25, 0.3) is 0 Å². The first kappa shape index (κ1) is 18.6. The minimum Gasteiger partial charge on any atom is -0.492 e. The summed E-state index contributed by atoms with van der Waals surface area (Å²) in [5, 5.41) is 3.27. The number of fused-ring (bicyclic) bond motifs is 1. The predicted molar refractivity (Wildman–Crippen MR) is 108 cm³/mol. The van der Waals surface area contributed by atoms with Gasteiger partial charge in [-0.3, -0.25) is 4.79 Å². The summed E-state index contributed by atoms with van der Waals surface area (Å²) in [5.41, 5.74) is 7.46. The van der Waals surface area contributed by atoms with E-state index in [0.29, 0.717) is 31.8 Å². The van der Waals surface area contributed by atoms with Crippen LogP contribution in [0, 0.1) is 0 Å². The maximum absolute atomic E-state index is 12.6. The molecule has 2 aromatic carbocycles. The van der Waals surface area contributed by atoms with Gasteiger partial charge in [0, 0.05) is 42.7 Å². The molecule has 0 radical (unpaired) electrons. The zero-order valence-electron chi connectivity index (χ0n) is 14.8. The van der Waals surface area contributed by atoms with Crippen molar-refractivity contribution < 1.29 is 9.53 Å². The zero-order chi connectivity index (χ0) is 18.2. The minimum atomic E-state index is 0.171. The Balaban J connectivity index is 1.40. The standard InChI is InChI=1S/C20H25N3O2S/c21-16-5-3-6-17(15-16)25-13-11-22-10-9-20(24)23-12-4-14-26-19-8-2-1-7-18(19)23/h1-3,5-8,15,22H,4,9-14,21H2. The maximum Gasteiger partial charge on any atom is 0.228 e. The van der Waals surface area contributed by atoms with Crippen LogP contribution in [-0.2, 0) is 4.79 Å². The van der Waals surface area contributed by atoms with Crippen molar-refractivity contribution in [1.82, 2.24) is 5.32 Å². The molecule has 0 saturated heterocycles. The molecular formula is C20H25N3O2S. The SMILES string of the molecule is Nc1cccc(OCCNCCC(=O)N2CCCSc3ccccc32)c1. The number of hydrogen-bond donors (Lipinski definition) is 2. The van der Waals surface area contributed by atoms with E-state index in [1.165, 1.54) is 4.90 Å². The molecule has 3 N–H and O–H groups in total. The van der Waals surface area contributed by atoms with Crippen LogP contribution in [0.5, 0.6) is 5.75 Å². The first-order chi connectivity index (χ1) is 12.7. The second-order valence-corrected chi connectivity index (χ2v) is 7.27. The third kappa shape index (κ3) is 5.16. The van der Waals surface area contributed by atoms with Gasteiger partial charge in [-0.15, -0.1) is 11.8 Å². The van der Waals surface area contributed by atoms with Gasteiger partial charge in [0.2, 0.25) is 5.91 Å². The maximum atomic E-state index is 12.6. The van der Waals surface area contributed by atoms with Gasteiger partial charge in [0.15, 0.2) is 0 Å². The van der Waals surface area contributed by atoms with Gasteiger partial charge in [0.25, 0.3) is 0 Å². The van der Waals surface area contributed by atoms with E-state index >= 15 is 0 Å². The summed E-state index contributed by atoms with van der Waals surface area (Å²) in [5.74, 6) is 1.99. The number of thioether (sulfide) groups is 1. The zero-order valence-corrected chi connectivity index (χ0v) is 15.6. The quantitative estimate of drug-likeness (QED) is 0.578. The van der Waals surface area contributed by atoms with E-state index in [1.807, 2.05) is 53.1 Å². The molecular weight excluding hydrogens is 346 g/mol. The molecule has 1 amide bonds. The molecule has 0 aromatic heterocycles. The van der Waals surface area contributed by atoms with Crippen LogP contribution in [0.4, 0.5) is 11.4 Å². The lowest BCUT2D eigenvalue weighted by Gasteiger charge is -2.22. The van der Waals surface area contributed by atoms with Gasteiger partial charge in [0.05, 0.1) is 5.69 Å². The number of ether oxygens (including phenoxy) is 1. The van der Waals surface area contributed by atoms with E-state index in [2.05, 4.69) is 11.4 Å². The average Bonchev–Trinajstić information content (AvgIpc) is 2.87. The molecule has 0 saturated carbocycles. The molecule has 26 heavy (non-hydrogen) atoms. The van der Waals surface area contributed by atoms with Crippen molar-refractivity contribution in [3.63, 3.8) is 0 Å². The molecule has 1 aliphatic rings. The van der Waals surface area contributed by atoms with E-state index in [-0.39, 0.29) is 5.91 Å². The van der Waals surface area contributed by atoms with E-state index < -0.39 is 0 Å². The van der Waals surface area contributed by atoms with Crippen molar-refractivity contribution in [2.45, 2.75) is 17.7 Å². The van der Waals surface area contributed by atoms with Gasteiger partial charge in [-0.2, -0.15) is 0 Å². The number of benzene rings is 2. The number of carbonyl (C=O) groups is 1. The molecule has 5 nitrogen and oxygen atoms in total. The largest absolute Gasteiger partial charge is 0.492 e. The predicted octanol–water partition coefficient (Wildman–Crippen LogP) is 3.16. The first-order valence-electron chi connectivity index (χ1n) is 8.95. The van der Waals surface area contributed by atoms with Crippen molar-refractivity contribution in [2.75, 3.05) is 42.6 Å². The number of carbonyl (C=O) groups excluding carboxylic acids is 1. The Morgan fingerprint density at radius 2 is 2.08 bits per heavy atom. The van der Waals surface area contributed by atoms with Crippen LogP contribution < -0.4 is 20.7 Å². The number of nitrogens with two attached hydrogens (primary N) is 1. The number of nitrogens with one attached hydrogen (secondary N) is 1. The van der Waals surface area contributed by atoms with Gasteiger partial charge >= 0.3 is 0 Å². The Bertz CT molecular complexity index is 739. The summed E-state index contributed by atoms with van der Waals surface area (Å²) >= 11 is 1.83. The molecule has 1 heterocycles. The van der Waals surface area contributed by atoms with Crippen LogP contribution >= 0.6 is 11.8 Å². The molecule has 0 aliphatic carbocycles. The van der Waals surface area contributed by atoms with Crippen LogP contribution in [-0.4, -0.2) is 37.9 Å². The van der Waals surface area contributed by atoms with Crippen molar-refractivity contribution in [3.8, 4) is 5.75 Å². The number of amides is 1. The fraction of sp³-hybridized carbons (Fsp3) is 0.350. The lowest BCUT2D eigenvalue weighted by Crippen LogP contribution is -2.34. The molecule has 0 atom stereocenters. The van der Waals surface area contributed by atoms with E-state index in [4.69, 9.17) is 10.5 Å². The first-order valence-corrected chi connectivity index (χ1v) is 9.94. The van der Waals surface area contributed by atoms with Gasteiger partial charge in [-0.25, -0.2) is 0 Å². The second-order valence-electron chi connectivity index (χ2n) is 6.14. The van der Waals surface area contributed by atoms with Crippen LogP contribution in [0.1, 0.15) is 12.8 Å². The third-order valence-corrected chi connectivity index (χ3v) is 5.31. The Hall–Kier alpha value is -2.18. The van der Waals surface area contributed by atoms with Gasteiger partial charge < -0.3 is 20.7 Å². The molecule has 1 aliphatic heterocycles. The molecule has 0 spiro atoms. The lowest BCUT2D eigenvalue weighted by atomic mass is 10.2. The highest BCUT2D eigenvalue weighted by molar-refractivity contribution is 7.99. The monoisotopic (exact) mass is 371 g/mol. The number of anilines is 2. The Morgan fingerprint density at radius 1 is 1.19 bits per heavy atom. The third-order valence-electron chi connectivity index (χ3n) is 4.16. The topological polar surface area (TPSA) is 67.6 Å². The van der Waals surface area contributed by atoms with Gasteiger partial charge in [-0.1, -0.05) is 18.2 Å². The van der Waals surface area contributed by atoms with Gasteiger partial charge in [0.1, 0.15) is 12.4 Å². The smallest absolute Gasteiger partial charge is 0.228 e. The normalized spacial score (nSPS) is 13.8. The molecule has 0 fully saturated rings. The number of hydrogen-bond acceptors (Lipinski definition) is 5. The molecule has 0 unspecified atom stereocenters. The molecule has 2 aromatic rings. The molecule has 3 rings (SSSR count). The van der Waals surface area contributed by atoms with E-state index in [0.717, 1.165) is 30.2 Å². The minimum absolute atomic E-state index is 0.171. The summed E-state index contributed by atoms with van der Waals surface area (Å²) in [6.07, 6.45) is 1.50. The fourth-order valence-corrected chi connectivity index (χ4v) is 3.88. The highest BCUT2D eigenvalue weighted by atomic mass is 32.2. The summed E-state index contributed by atoms with van der Waals surface area (Å²) in [4.78, 5) is 15.8. The Labute approximate surface area is 158 Å². The molecule has 6 heteroatoms. The highest BCUT2D eigenvalue weighted by Crippen LogP contribution is 2.33. The van der Waals surface area contributed by atoms with Crippen molar-refractivity contribution >= 4 is 29.0 Å². The number of para-hydroxylation sites is 1. The summed E-state index contributed by atoms with van der Waals surface area (Å²) in [6.45, 7) is 2.67. The summed E-state index contributed by atoms with van der Waals surface area (Å²) < 4.78 is 5.63. The van der Waals surface area contributed by atoms with Crippen molar-refractivity contribution in [3.05, 3.63) is 48.5 Å². The van der Waals surface area contributed by atoms with Crippen LogP contribution in [0.2, 0.25) is 0 Å². The van der Waals surface area contributed by atoms with Crippen molar-refractivity contribution in [1.29, 1.82) is 0 Å². The number of nitrogens with zero attached hydrogens (tertiary/aromatic N) is 1. The lowest BCUT2D eigenvalue weighted by molar-refractivity contribution is -0.118. The van der Waals surface area contributed by atoms with E-state index in [1.54, 1.807) is 6.07 Å². The van der Waals surface area contributed by atoms with Crippen molar-refractivity contribution in [2.24, 2.45) is 0 Å². The van der Waals surface area contributed by atoms with Crippen LogP contribution in [0.15, 0.2) is 53.4 Å². The van der Waals surface area contributed by atoms with Crippen LogP contribution in [0.3, 0.4) is 0 Å². The average molecular weight is 372 g/mol.